The van der Waals surface area contributed by atoms with Gasteiger partial charge in [-0.05, 0) is 6.07 Å². The number of hydrogen-bond acceptors (Lipinski definition) is 4. The second-order valence-corrected chi connectivity index (χ2v) is 3.39. The number of ether oxygens (including phenoxy) is 2. The molecular formula is C12H12F3NO3. The van der Waals surface area contributed by atoms with E-state index in [1.54, 1.807) is 6.07 Å². The Labute approximate surface area is 108 Å². The van der Waals surface area contributed by atoms with Gasteiger partial charge in [-0.3, -0.25) is 4.98 Å². The van der Waals surface area contributed by atoms with Gasteiger partial charge in [0.2, 0.25) is 0 Å². The third-order valence-electron chi connectivity index (χ3n) is 1.79. The highest BCUT2D eigenvalue weighted by atomic mass is 19.4. The zero-order valence-electron chi connectivity index (χ0n) is 9.91. The summed E-state index contributed by atoms with van der Waals surface area (Å²) in [4.78, 5) is 3.85. The maximum atomic E-state index is 11.8. The summed E-state index contributed by atoms with van der Waals surface area (Å²) in [6.45, 7) is -1.76. The molecular weight excluding hydrogens is 263 g/mol. The van der Waals surface area contributed by atoms with Gasteiger partial charge in [0.25, 0.3) is 0 Å². The van der Waals surface area contributed by atoms with Gasteiger partial charge < -0.3 is 14.6 Å². The van der Waals surface area contributed by atoms with Crippen molar-refractivity contribution < 1.29 is 27.8 Å². The van der Waals surface area contributed by atoms with Crippen LogP contribution in [-0.2, 0) is 4.74 Å². The minimum Gasteiger partial charge on any atom is -0.490 e. The minimum atomic E-state index is -4.33. The number of aliphatic hydroxyl groups excluding tert-OH is 1. The second-order valence-electron chi connectivity index (χ2n) is 3.39. The fraction of sp³-hybridized carbons (Fsp3) is 0.417. The van der Waals surface area contributed by atoms with Crippen molar-refractivity contribution in [2.75, 3.05) is 26.4 Å². The van der Waals surface area contributed by atoms with Gasteiger partial charge in [0, 0.05) is 11.8 Å². The third kappa shape index (κ3) is 7.28. The molecule has 1 aromatic rings. The van der Waals surface area contributed by atoms with Crippen LogP contribution in [0.4, 0.5) is 13.2 Å². The molecule has 0 saturated heterocycles. The van der Waals surface area contributed by atoms with E-state index < -0.39 is 12.8 Å². The molecule has 0 saturated carbocycles. The van der Waals surface area contributed by atoms with Crippen LogP contribution in [0.2, 0.25) is 0 Å². The molecule has 4 nitrogen and oxygen atoms in total. The summed E-state index contributed by atoms with van der Waals surface area (Å²) in [5, 5.41) is 8.53. The number of aliphatic hydroxyl groups is 1. The largest absolute Gasteiger partial charge is 0.490 e. The highest BCUT2D eigenvalue weighted by Crippen LogP contribution is 2.14. The Balaban J connectivity index is 2.33. The zero-order chi connectivity index (χ0) is 14.1. The SMILES string of the molecule is OCC#Cc1cncc(OCCOCC(F)(F)F)c1. The molecule has 0 radical (unpaired) electrons. The predicted molar refractivity (Wildman–Crippen MR) is 60.6 cm³/mol. The van der Waals surface area contributed by atoms with Crippen LogP contribution in [0.3, 0.4) is 0 Å². The van der Waals surface area contributed by atoms with Gasteiger partial charge in [0.1, 0.15) is 25.6 Å². The topological polar surface area (TPSA) is 51.6 Å². The molecule has 0 bridgehead atoms. The smallest absolute Gasteiger partial charge is 0.411 e. The molecule has 0 amide bonds. The fourth-order valence-electron chi connectivity index (χ4n) is 1.11. The third-order valence-corrected chi connectivity index (χ3v) is 1.79. The van der Waals surface area contributed by atoms with Crippen LogP contribution in [0, 0.1) is 11.8 Å². The Morgan fingerprint density at radius 1 is 1.26 bits per heavy atom. The molecule has 0 spiro atoms. The molecule has 1 N–H and O–H groups in total. The highest BCUT2D eigenvalue weighted by Gasteiger charge is 2.27. The van der Waals surface area contributed by atoms with E-state index in [2.05, 4.69) is 21.6 Å². The Morgan fingerprint density at radius 3 is 2.74 bits per heavy atom. The van der Waals surface area contributed by atoms with E-state index in [-0.39, 0.29) is 19.8 Å². The van der Waals surface area contributed by atoms with Crippen molar-refractivity contribution >= 4 is 0 Å². The van der Waals surface area contributed by atoms with E-state index in [1.165, 1.54) is 12.4 Å². The molecule has 0 atom stereocenters. The molecule has 7 heteroatoms. The van der Waals surface area contributed by atoms with E-state index in [4.69, 9.17) is 9.84 Å². The van der Waals surface area contributed by atoms with Crippen LogP contribution < -0.4 is 4.74 Å². The van der Waals surface area contributed by atoms with Gasteiger partial charge in [-0.1, -0.05) is 11.8 Å². The maximum absolute atomic E-state index is 11.8. The van der Waals surface area contributed by atoms with Gasteiger partial charge in [-0.15, -0.1) is 0 Å². The van der Waals surface area contributed by atoms with Crippen molar-refractivity contribution in [1.82, 2.24) is 4.98 Å². The first-order chi connectivity index (χ1) is 9.01. The Kier molecular flexibility index (Phi) is 6.12. The first-order valence-electron chi connectivity index (χ1n) is 5.33. The van der Waals surface area contributed by atoms with Gasteiger partial charge >= 0.3 is 6.18 Å². The summed E-state index contributed by atoms with van der Waals surface area (Å²) in [6, 6.07) is 1.57. The Bertz CT molecular complexity index is 452. The Morgan fingerprint density at radius 2 is 2.05 bits per heavy atom. The molecule has 0 aliphatic carbocycles. The average Bonchev–Trinajstić information content (AvgIpc) is 2.35. The van der Waals surface area contributed by atoms with Crippen LogP contribution in [0.15, 0.2) is 18.5 Å². The minimum absolute atomic E-state index is 0.0192. The molecule has 1 rings (SSSR count). The summed E-state index contributed by atoms with van der Waals surface area (Å²) < 4.78 is 44.8. The van der Waals surface area contributed by atoms with Crippen LogP contribution in [0.5, 0.6) is 5.75 Å². The van der Waals surface area contributed by atoms with Crippen molar-refractivity contribution in [2.45, 2.75) is 6.18 Å². The average molecular weight is 275 g/mol. The van der Waals surface area contributed by atoms with Crippen LogP contribution in [-0.4, -0.2) is 42.7 Å². The van der Waals surface area contributed by atoms with E-state index in [1.807, 2.05) is 0 Å². The van der Waals surface area contributed by atoms with E-state index in [9.17, 15) is 13.2 Å². The summed E-state index contributed by atoms with van der Waals surface area (Å²) in [7, 11) is 0. The number of hydrogen-bond donors (Lipinski definition) is 1. The summed E-state index contributed by atoms with van der Waals surface area (Å²) in [5.74, 6) is 5.45. The van der Waals surface area contributed by atoms with Crippen molar-refractivity contribution in [1.29, 1.82) is 0 Å². The van der Waals surface area contributed by atoms with E-state index >= 15 is 0 Å². The summed E-state index contributed by atoms with van der Waals surface area (Å²) in [6.07, 6.45) is -1.44. The molecule has 1 heterocycles. The van der Waals surface area contributed by atoms with Crippen molar-refractivity contribution in [3.05, 3.63) is 24.0 Å². The van der Waals surface area contributed by atoms with Gasteiger partial charge in [-0.2, -0.15) is 13.2 Å². The quantitative estimate of drug-likeness (QED) is 0.651. The highest BCUT2D eigenvalue weighted by molar-refractivity contribution is 5.36. The van der Waals surface area contributed by atoms with Crippen LogP contribution in [0.25, 0.3) is 0 Å². The molecule has 0 fully saturated rings. The number of aromatic nitrogens is 1. The number of pyridine rings is 1. The number of rotatable bonds is 5. The van der Waals surface area contributed by atoms with E-state index in [0.717, 1.165) is 0 Å². The molecule has 0 aliphatic heterocycles. The molecule has 0 aromatic carbocycles. The molecule has 19 heavy (non-hydrogen) atoms. The molecule has 0 aliphatic rings. The van der Waals surface area contributed by atoms with Gasteiger partial charge in [0.15, 0.2) is 0 Å². The summed E-state index contributed by atoms with van der Waals surface area (Å²) in [5.41, 5.74) is 0.544. The van der Waals surface area contributed by atoms with Crippen LogP contribution in [0.1, 0.15) is 5.56 Å². The van der Waals surface area contributed by atoms with Crippen molar-refractivity contribution in [3.63, 3.8) is 0 Å². The standard InChI is InChI=1S/C12H12F3NO3/c13-12(14,15)9-18-4-5-19-11-6-10(2-1-3-17)7-16-8-11/h6-8,17H,3-5,9H2. The normalized spacial score (nSPS) is 10.7. The number of alkyl halides is 3. The lowest BCUT2D eigenvalue weighted by atomic mass is 10.3. The number of nitrogens with zero attached hydrogens (tertiary/aromatic N) is 1. The predicted octanol–water partition coefficient (Wildman–Crippen LogP) is 1.38. The molecule has 104 valence electrons. The van der Waals surface area contributed by atoms with Crippen molar-refractivity contribution in [3.8, 4) is 17.6 Å². The lowest BCUT2D eigenvalue weighted by molar-refractivity contribution is -0.175. The first-order valence-corrected chi connectivity index (χ1v) is 5.33. The fourth-order valence-corrected chi connectivity index (χ4v) is 1.11. The van der Waals surface area contributed by atoms with Gasteiger partial charge in [-0.25, -0.2) is 0 Å². The molecule has 1 aromatic heterocycles. The second kappa shape index (κ2) is 7.61. The van der Waals surface area contributed by atoms with Gasteiger partial charge in [0.05, 0.1) is 12.8 Å². The maximum Gasteiger partial charge on any atom is 0.411 e. The van der Waals surface area contributed by atoms with Crippen molar-refractivity contribution in [2.24, 2.45) is 0 Å². The lowest BCUT2D eigenvalue weighted by Crippen LogP contribution is -2.19. The summed E-state index contributed by atoms with van der Waals surface area (Å²) >= 11 is 0. The molecule has 0 unspecified atom stereocenters. The lowest BCUT2D eigenvalue weighted by Gasteiger charge is -2.08. The first kappa shape index (κ1) is 15.3. The number of halogens is 3. The zero-order valence-corrected chi connectivity index (χ0v) is 9.91. The van der Waals surface area contributed by atoms with E-state index in [0.29, 0.717) is 11.3 Å². The Hall–Kier alpha value is -1.78. The van der Waals surface area contributed by atoms with Crippen LogP contribution >= 0.6 is 0 Å². The monoisotopic (exact) mass is 275 g/mol.